The summed E-state index contributed by atoms with van der Waals surface area (Å²) >= 11 is 5.58. The molecule has 0 aliphatic carbocycles. The topological polar surface area (TPSA) is 99.7 Å². The molecule has 3 aromatic rings. The van der Waals surface area contributed by atoms with Crippen LogP contribution in [0.5, 0.6) is 5.75 Å². The number of piperazine rings is 1. The molecule has 0 spiro atoms. The standard InChI is InChI=1S/C22H24N6O3S2/c1-31-20-6-3-2-5-19(20)27-13-15-28(16-14-27)22(32)25-17-7-9-18(10-8-17)33(29,30)26-21-23-11-4-12-24-21/h2-12H,13-16H2,1H3,(H,25,32)(H,23,24,26). The number of sulfonamides is 1. The third-order valence-corrected chi connectivity index (χ3v) is 6.90. The van der Waals surface area contributed by atoms with E-state index in [9.17, 15) is 8.42 Å². The van der Waals surface area contributed by atoms with Crippen LogP contribution in [-0.4, -0.2) is 61.7 Å². The first-order valence-corrected chi connectivity index (χ1v) is 12.2. The Morgan fingerprint density at radius 2 is 1.64 bits per heavy atom. The van der Waals surface area contributed by atoms with Gasteiger partial charge in [0.05, 0.1) is 17.7 Å². The smallest absolute Gasteiger partial charge is 0.264 e. The van der Waals surface area contributed by atoms with E-state index >= 15 is 0 Å². The molecule has 0 unspecified atom stereocenters. The molecule has 1 fully saturated rings. The van der Waals surface area contributed by atoms with Crippen LogP contribution in [0.4, 0.5) is 17.3 Å². The highest BCUT2D eigenvalue weighted by molar-refractivity contribution is 7.92. The van der Waals surface area contributed by atoms with E-state index in [1.54, 1.807) is 25.3 Å². The van der Waals surface area contributed by atoms with Gasteiger partial charge in [0.2, 0.25) is 5.95 Å². The van der Waals surface area contributed by atoms with E-state index in [1.165, 1.54) is 24.5 Å². The maximum Gasteiger partial charge on any atom is 0.264 e. The summed E-state index contributed by atoms with van der Waals surface area (Å²) in [6, 6.07) is 16.0. The molecule has 2 heterocycles. The molecular weight excluding hydrogens is 460 g/mol. The second-order valence-electron chi connectivity index (χ2n) is 7.28. The number of nitrogens with zero attached hydrogens (tertiary/aromatic N) is 4. The van der Waals surface area contributed by atoms with Crippen molar-refractivity contribution in [2.24, 2.45) is 0 Å². The fraction of sp³-hybridized carbons (Fsp3) is 0.227. The summed E-state index contributed by atoms with van der Waals surface area (Å²) < 4.78 is 32.9. The highest BCUT2D eigenvalue weighted by atomic mass is 32.2. The molecule has 2 N–H and O–H groups in total. The lowest BCUT2D eigenvalue weighted by Crippen LogP contribution is -2.50. The van der Waals surface area contributed by atoms with E-state index in [0.29, 0.717) is 10.8 Å². The number of thiocarbonyl (C=S) groups is 1. The van der Waals surface area contributed by atoms with Gasteiger partial charge in [-0.3, -0.25) is 0 Å². The molecule has 0 amide bonds. The first-order chi connectivity index (χ1) is 16.0. The van der Waals surface area contributed by atoms with Crippen molar-refractivity contribution in [1.82, 2.24) is 14.9 Å². The Bertz CT molecular complexity index is 1200. The van der Waals surface area contributed by atoms with Crippen LogP contribution in [0.3, 0.4) is 0 Å². The van der Waals surface area contributed by atoms with Gasteiger partial charge in [-0.25, -0.2) is 23.1 Å². The molecule has 0 bridgehead atoms. The minimum Gasteiger partial charge on any atom is -0.495 e. The molecule has 0 atom stereocenters. The fourth-order valence-electron chi connectivity index (χ4n) is 3.49. The monoisotopic (exact) mass is 484 g/mol. The Labute approximate surface area is 198 Å². The van der Waals surface area contributed by atoms with Crippen LogP contribution < -0.4 is 19.7 Å². The highest BCUT2D eigenvalue weighted by Gasteiger charge is 2.21. The number of methoxy groups -OCH3 is 1. The van der Waals surface area contributed by atoms with Crippen molar-refractivity contribution in [1.29, 1.82) is 0 Å². The van der Waals surface area contributed by atoms with Crippen LogP contribution in [0.2, 0.25) is 0 Å². The van der Waals surface area contributed by atoms with Crippen LogP contribution in [0.1, 0.15) is 0 Å². The van der Waals surface area contributed by atoms with Gasteiger partial charge < -0.3 is 19.9 Å². The number of ether oxygens (including phenoxy) is 1. The number of para-hydroxylation sites is 2. The van der Waals surface area contributed by atoms with Gasteiger partial charge in [0.1, 0.15) is 5.75 Å². The number of hydrogen-bond acceptors (Lipinski definition) is 7. The number of nitrogens with one attached hydrogen (secondary N) is 2. The number of aromatic nitrogens is 2. The molecule has 33 heavy (non-hydrogen) atoms. The van der Waals surface area contributed by atoms with Crippen molar-refractivity contribution in [2.75, 3.05) is 48.2 Å². The summed E-state index contributed by atoms with van der Waals surface area (Å²) in [7, 11) is -2.10. The lowest BCUT2D eigenvalue weighted by molar-refractivity contribution is 0.382. The summed E-state index contributed by atoms with van der Waals surface area (Å²) in [6.07, 6.45) is 2.93. The minimum atomic E-state index is -3.78. The number of anilines is 3. The van der Waals surface area contributed by atoms with Gasteiger partial charge in [-0.05, 0) is 54.7 Å². The van der Waals surface area contributed by atoms with E-state index in [4.69, 9.17) is 17.0 Å². The Kier molecular flexibility index (Phi) is 6.90. The Morgan fingerprint density at radius 3 is 2.30 bits per heavy atom. The van der Waals surface area contributed by atoms with Gasteiger partial charge in [-0.15, -0.1) is 0 Å². The summed E-state index contributed by atoms with van der Waals surface area (Å²) in [5.74, 6) is 0.878. The first kappa shape index (κ1) is 22.7. The average molecular weight is 485 g/mol. The van der Waals surface area contributed by atoms with Gasteiger partial charge in [-0.2, -0.15) is 0 Å². The van der Waals surface area contributed by atoms with E-state index < -0.39 is 10.0 Å². The Hall–Kier alpha value is -3.44. The molecule has 1 aromatic heterocycles. The Balaban J connectivity index is 1.34. The highest BCUT2D eigenvalue weighted by Crippen LogP contribution is 2.28. The zero-order valence-electron chi connectivity index (χ0n) is 18.0. The third-order valence-electron chi connectivity index (χ3n) is 5.20. The molecule has 172 valence electrons. The largest absolute Gasteiger partial charge is 0.495 e. The quantitative estimate of drug-likeness (QED) is 0.512. The number of rotatable bonds is 6. The maximum absolute atomic E-state index is 12.5. The van der Waals surface area contributed by atoms with Crippen molar-refractivity contribution in [2.45, 2.75) is 4.90 Å². The van der Waals surface area contributed by atoms with Gasteiger partial charge in [0, 0.05) is 44.3 Å². The van der Waals surface area contributed by atoms with E-state index in [0.717, 1.165) is 37.6 Å². The molecular formula is C22H24N6O3S2. The molecule has 4 rings (SSSR count). The molecule has 1 aliphatic rings. The first-order valence-electron chi connectivity index (χ1n) is 10.3. The van der Waals surface area contributed by atoms with Crippen LogP contribution in [0.15, 0.2) is 71.9 Å². The minimum absolute atomic E-state index is 0.0214. The molecule has 11 heteroatoms. The van der Waals surface area contributed by atoms with Crippen LogP contribution in [-0.2, 0) is 10.0 Å². The van der Waals surface area contributed by atoms with Crippen molar-refractivity contribution >= 4 is 44.7 Å². The zero-order chi connectivity index (χ0) is 23.3. The van der Waals surface area contributed by atoms with Gasteiger partial charge >= 0.3 is 0 Å². The number of benzene rings is 2. The fourth-order valence-corrected chi connectivity index (χ4v) is 4.75. The predicted octanol–water partition coefficient (Wildman–Crippen LogP) is 2.81. The van der Waals surface area contributed by atoms with E-state index in [2.05, 4.69) is 35.9 Å². The average Bonchev–Trinajstić information content (AvgIpc) is 2.85. The molecule has 0 saturated carbocycles. The van der Waals surface area contributed by atoms with Crippen molar-refractivity contribution in [3.05, 3.63) is 67.0 Å². The van der Waals surface area contributed by atoms with E-state index in [-0.39, 0.29) is 10.8 Å². The van der Waals surface area contributed by atoms with Gasteiger partial charge in [0.15, 0.2) is 5.11 Å². The maximum atomic E-state index is 12.5. The summed E-state index contributed by atoms with van der Waals surface area (Å²) in [5.41, 5.74) is 1.78. The Morgan fingerprint density at radius 1 is 0.970 bits per heavy atom. The lowest BCUT2D eigenvalue weighted by atomic mass is 10.2. The normalized spacial score (nSPS) is 14.0. The second kappa shape index (κ2) is 10.0. The van der Waals surface area contributed by atoms with Crippen LogP contribution in [0, 0.1) is 0 Å². The van der Waals surface area contributed by atoms with Crippen molar-refractivity contribution < 1.29 is 13.2 Å². The molecule has 9 nitrogen and oxygen atoms in total. The van der Waals surface area contributed by atoms with Gasteiger partial charge in [0.25, 0.3) is 10.0 Å². The second-order valence-corrected chi connectivity index (χ2v) is 9.35. The van der Waals surface area contributed by atoms with Gasteiger partial charge in [-0.1, -0.05) is 12.1 Å². The zero-order valence-corrected chi connectivity index (χ0v) is 19.6. The molecule has 1 aliphatic heterocycles. The summed E-state index contributed by atoms with van der Waals surface area (Å²) in [4.78, 5) is 12.3. The summed E-state index contributed by atoms with van der Waals surface area (Å²) in [5, 5.41) is 3.79. The van der Waals surface area contributed by atoms with Crippen LogP contribution >= 0.6 is 12.2 Å². The molecule has 0 radical (unpaired) electrons. The lowest BCUT2D eigenvalue weighted by Gasteiger charge is -2.37. The SMILES string of the molecule is COc1ccccc1N1CCN(C(=S)Nc2ccc(S(=O)(=O)Nc3ncccn3)cc2)CC1. The number of hydrogen-bond donors (Lipinski definition) is 2. The molecule has 2 aromatic carbocycles. The third kappa shape index (κ3) is 5.49. The molecule has 1 saturated heterocycles. The predicted molar refractivity (Wildman–Crippen MR) is 132 cm³/mol. The van der Waals surface area contributed by atoms with Crippen molar-refractivity contribution in [3.8, 4) is 5.75 Å². The summed E-state index contributed by atoms with van der Waals surface area (Å²) in [6.45, 7) is 3.15. The van der Waals surface area contributed by atoms with E-state index in [1.807, 2.05) is 18.2 Å². The van der Waals surface area contributed by atoms with Crippen LogP contribution in [0.25, 0.3) is 0 Å². The van der Waals surface area contributed by atoms with Crippen molar-refractivity contribution in [3.63, 3.8) is 0 Å².